The van der Waals surface area contributed by atoms with Crippen molar-refractivity contribution in [1.29, 1.82) is 0 Å². The van der Waals surface area contributed by atoms with E-state index in [1.165, 1.54) is 0 Å². The fourth-order valence-electron chi connectivity index (χ4n) is 1.95. The Labute approximate surface area is 105 Å². The highest BCUT2D eigenvalue weighted by atomic mass is 16.5. The van der Waals surface area contributed by atoms with Crippen molar-refractivity contribution in [1.82, 2.24) is 4.90 Å². The molecule has 0 spiro atoms. The third-order valence-corrected chi connectivity index (χ3v) is 3.12. The minimum atomic E-state index is -0.520. The van der Waals surface area contributed by atoms with Crippen LogP contribution in [-0.2, 0) is 4.74 Å². The molecule has 1 unspecified atom stereocenters. The molecule has 100 valence electrons. The van der Waals surface area contributed by atoms with E-state index in [4.69, 9.17) is 4.74 Å². The molecule has 1 heterocycles. The molecule has 0 aromatic carbocycles. The largest absolute Gasteiger partial charge is 0.390 e. The zero-order chi connectivity index (χ0) is 12.7. The van der Waals surface area contributed by atoms with Crippen LogP contribution >= 0.6 is 0 Å². The van der Waals surface area contributed by atoms with E-state index in [2.05, 4.69) is 24.1 Å². The summed E-state index contributed by atoms with van der Waals surface area (Å²) in [5.74, 6) is 0.584. The summed E-state index contributed by atoms with van der Waals surface area (Å²) in [4.78, 5) is 2.32. The lowest BCUT2D eigenvalue weighted by Gasteiger charge is -2.25. The Morgan fingerprint density at radius 3 is 2.59 bits per heavy atom. The first-order valence-corrected chi connectivity index (χ1v) is 6.70. The molecule has 0 aromatic rings. The van der Waals surface area contributed by atoms with Gasteiger partial charge in [-0.15, -0.1) is 0 Å². The van der Waals surface area contributed by atoms with Crippen LogP contribution in [0.1, 0.15) is 40.0 Å². The Hall–Kier alpha value is -0.540. The van der Waals surface area contributed by atoms with Crippen molar-refractivity contribution in [2.75, 3.05) is 26.3 Å². The summed E-state index contributed by atoms with van der Waals surface area (Å²) in [6.45, 7) is 9.69. The Bertz CT molecular complexity index is 227. The molecule has 0 aliphatic carbocycles. The van der Waals surface area contributed by atoms with Gasteiger partial charge in [-0.1, -0.05) is 19.4 Å². The van der Waals surface area contributed by atoms with E-state index >= 15 is 0 Å². The van der Waals surface area contributed by atoms with Crippen molar-refractivity contribution in [2.24, 2.45) is 5.92 Å². The first-order chi connectivity index (χ1) is 7.97. The highest BCUT2D eigenvalue weighted by Gasteiger charge is 2.12. The molecule has 0 aromatic heterocycles. The molecule has 0 radical (unpaired) electrons. The van der Waals surface area contributed by atoms with E-state index < -0.39 is 5.60 Å². The minimum Gasteiger partial charge on any atom is -0.390 e. The number of morpholine rings is 1. The number of allylic oxidation sites excluding steroid dienone is 1. The fraction of sp³-hybridized carbons (Fsp3) is 0.857. The summed E-state index contributed by atoms with van der Waals surface area (Å²) in [7, 11) is 0. The number of rotatable bonds is 6. The SMILES string of the molecule is CC(/C=C/N1CCOCC1)CCCC(C)(C)O. The molecule has 1 atom stereocenters. The van der Waals surface area contributed by atoms with E-state index in [0.717, 1.165) is 45.6 Å². The maximum Gasteiger partial charge on any atom is 0.0642 e. The van der Waals surface area contributed by atoms with Gasteiger partial charge in [-0.25, -0.2) is 0 Å². The summed E-state index contributed by atoms with van der Waals surface area (Å²) >= 11 is 0. The van der Waals surface area contributed by atoms with Gasteiger partial charge in [0.05, 0.1) is 18.8 Å². The predicted molar refractivity (Wildman–Crippen MR) is 70.8 cm³/mol. The molecule has 0 saturated carbocycles. The third kappa shape index (κ3) is 7.40. The zero-order valence-electron chi connectivity index (χ0n) is 11.5. The van der Waals surface area contributed by atoms with Gasteiger partial charge in [0.15, 0.2) is 0 Å². The van der Waals surface area contributed by atoms with Crippen molar-refractivity contribution in [3.05, 3.63) is 12.3 Å². The molecule has 1 aliphatic heterocycles. The van der Waals surface area contributed by atoms with E-state index in [1.807, 2.05) is 13.8 Å². The number of hydrogen-bond donors (Lipinski definition) is 1. The highest BCUT2D eigenvalue weighted by Crippen LogP contribution is 2.16. The zero-order valence-corrected chi connectivity index (χ0v) is 11.5. The van der Waals surface area contributed by atoms with Gasteiger partial charge in [0.25, 0.3) is 0 Å². The summed E-state index contributed by atoms with van der Waals surface area (Å²) in [6, 6.07) is 0. The van der Waals surface area contributed by atoms with Crippen LogP contribution in [0.2, 0.25) is 0 Å². The Morgan fingerprint density at radius 2 is 2.00 bits per heavy atom. The second kappa shape index (κ2) is 7.02. The number of hydrogen-bond acceptors (Lipinski definition) is 3. The fourth-order valence-corrected chi connectivity index (χ4v) is 1.95. The topological polar surface area (TPSA) is 32.7 Å². The smallest absolute Gasteiger partial charge is 0.0642 e. The maximum atomic E-state index is 9.62. The lowest BCUT2D eigenvalue weighted by atomic mass is 9.97. The molecule has 1 aliphatic rings. The van der Waals surface area contributed by atoms with E-state index in [0.29, 0.717) is 5.92 Å². The highest BCUT2D eigenvalue weighted by molar-refractivity contribution is 4.87. The lowest BCUT2D eigenvalue weighted by molar-refractivity contribution is 0.0589. The molecule has 1 N–H and O–H groups in total. The molecule has 1 rings (SSSR count). The Kier molecular flexibility index (Phi) is 6.00. The van der Waals surface area contributed by atoms with Gasteiger partial charge < -0.3 is 14.7 Å². The van der Waals surface area contributed by atoms with E-state index in [1.54, 1.807) is 0 Å². The van der Waals surface area contributed by atoms with Crippen LogP contribution in [0.4, 0.5) is 0 Å². The molecule has 0 bridgehead atoms. The first-order valence-electron chi connectivity index (χ1n) is 6.70. The van der Waals surface area contributed by atoms with Crippen LogP contribution in [-0.4, -0.2) is 41.9 Å². The standard InChI is InChI=1S/C14H27NO2/c1-13(5-4-7-14(2,3)16)6-8-15-9-11-17-12-10-15/h6,8,13,16H,4-5,7,9-12H2,1-3H3/b8-6+. The maximum absolute atomic E-state index is 9.62. The molecular weight excluding hydrogens is 214 g/mol. The van der Waals surface area contributed by atoms with Crippen molar-refractivity contribution >= 4 is 0 Å². The van der Waals surface area contributed by atoms with Gasteiger partial charge in [-0.3, -0.25) is 0 Å². The average molecular weight is 241 g/mol. The van der Waals surface area contributed by atoms with Crippen LogP contribution in [0.25, 0.3) is 0 Å². The van der Waals surface area contributed by atoms with E-state index in [-0.39, 0.29) is 0 Å². The number of aliphatic hydroxyl groups is 1. The van der Waals surface area contributed by atoms with Gasteiger partial charge in [-0.05, 0) is 38.8 Å². The van der Waals surface area contributed by atoms with Crippen molar-refractivity contribution in [2.45, 2.75) is 45.6 Å². The average Bonchev–Trinajstić information content (AvgIpc) is 2.26. The lowest BCUT2D eigenvalue weighted by Crippen LogP contribution is -2.32. The first kappa shape index (κ1) is 14.5. The minimum absolute atomic E-state index is 0.520. The third-order valence-electron chi connectivity index (χ3n) is 3.12. The molecule has 17 heavy (non-hydrogen) atoms. The van der Waals surface area contributed by atoms with Crippen molar-refractivity contribution in [3.8, 4) is 0 Å². The van der Waals surface area contributed by atoms with Gasteiger partial charge in [-0.2, -0.15) is 0 Å². The normalized spacial score (nSPS) is 19.9. The summed E-state index contributed by atoms with van der Waals surface area (Å²) in [6.07, 6.45) is 7.58. The van der Waals surface area contributed by atoms with E-state index in [9.17, 15) is 5.11 Å². The van der Waals surface area contributed by atoms with Crippen LogP contribution < -0.4 is 0 Å². The number of nitrogens with zero attached hydrogens (tertiary/aromatic N) is 1. The van der Waals surface area contributed by atoms with Crippen LogP contribution in [0.3, 0.4) is 0 Å². The monoisotopic (exact) mass is 241 g/mol. The molecule has 0 amide bonds. The summed E-state index contributed by atoms with van der Waals surface area (Å²) < 4.78 is 5.31. The van der Waals surface area contributed by atoms with Crippen LogP contribution in [0, 0.1) is 5.92 Å². The predicted octanol–water partition coefficient (Wildman–Crippen LogP) is 2.41. The Morgan fingerprint density at radius 1 is 1.35 bits per heavy atom. The Balaban J connectivity index is 2.15. The van der Waals surface area contributed by atoms with Crippen LogP contribution in [0.5, 0.6) is 0 Å². The molecule has 3 heteroatoms. The number of ether oxygens (including phenoxy) is 1. The molecular formula is C14H27NO2. The molecule has 3 nitrogen and oxygen atoms in total. The van der Waals surface area contributed by atoms with Crippen LogP contribution in [0.15, 0.2) is 12.3 Å². The molecule has 1 fully saturated rings. The quantitative estimate of drug-likeness (QED) is 0.775. The summed E-state index contributed by atoms with van der Waals surface area (Å²) in [5.41, 5.74) is -0.520. The second-order valence-electron chi connectivity index (χ2n) is 5.67. The van der Waals surface area contributed by atoms with Crippen molar-refractivity contribution < 1.29 is 9.84 Å². The van der Waals surface area contributed by atoms with Crippen molar-refractivity contribution in [3.63, 3.8) is 0 Å². The van der Waals surface area contributed by atoms with Gasteiger partial charge in [0.2, 0.25) is 0 Å². The van der Waals surface area contributed by atoms with Gasteiger partial charge in [0.1, 0.15) is 0 Å². The molecule has 1 saturated heterocycles. The van der Waals surface area contributed by atoms with Gasteiger partial charge in [0, 0.05) is 13.1 Å². The summed E-state index contributed by atoms with van der Waals surface area (Å²) in [5, 5.41) is 9.62. The second-order valence-corrected chi connectivity index (χ2v) is 5.67. The van der Waals surface area contributed by atoms with Gasteiger partial charge >= 0.3 is 0 Å².